The summed E-state index contributed by atoms with van der Waals surface area (Å²) in [5.74, 6) is 2.47. The molecule has 5 rings (SSSR count). The molecule has 1 aliphatic rings. The highest BCUT2D eigenvalue weighted by Crippen LogP contribution is 2.38. The van der Waals surface area contributed by atoms with Gasteiger partial charge in [0.05, 0.1) is 12.7 Å². The number of amides is 1. The number of benzene rings is 1. The highest BCUT2D eigenvalue weighted by Gasteiger charge is 2.25. The van der Waals surface area contributed by atoms with E-state index in [-0.39, 0.29) is 5.91 Å². The third-order valence-corrected chi connectivity index (χ3v) is 5.96. The quantitative estimate of drug-likeness (QED) is 0.491. The molecule has 0 saturated heterocycles. The van der Waals surface area contributed by atoms with Crippen LogP contribution in [0.1, 0.15) is 47.8 Å². The van der Waals surface area contributed by atoms with E-state index in [2.05, 4.69) is 19.7 Å². The molecular formula is C24H24N6O2. The van der Waals surface area contributed by atoms with Gasteiger partial charge in [-0.05, 0) is 37.1 Å². The number of hydrogen-bond acceptors (Lipinski definition) is 6. The fourth-order valence-corrected chi connectivity index (χ4v) is 4.41. The lowest BCUT2D eigenvalue weighted by Gasteiger charge is -2.10. The Morgan fingerprint density at radius 3 is 2.75 bits per heavy atom. The van der Waals surface area contributed by atoms with Crippen LogP contribution in [0.3, 0.4) is 0 Å². The summed E-state index contributed by atoms with van der Waals surface area (Å²) >= 11 is 0. The zero-order valence-corrected chi connectivity index (χ0v) is 17.8. The van der Waals surface area contributed by atoms with Gasteiger partial charge < -0.3 is 15.8 Å². The molecule has 3 aromatic heterocycles. The summed E-state index contributed by atoms with van der Waals surface area (Å²) in [5.41, 5.74) is 9.02. The second-order valence-corrected chi connectivity index (χ2v) is 7.92. The van der Waals surface area contributed by atoms with Crippen molar-refractivity contribution in [2.45, 2.75) is 31.6 Å². The Morgan fingerprint density at radius 1 is 1.16 bits per heavy atom. The van der Waals surface area contributed by atoms with E-state index in [9.17, 15) is 4.79 Å². The van der Waals surface area contributed by atoms with Crippen LogP contribution in [-0.4, -0.2) is 32.4 Å². The van der Waals surface area contributed by atoms with E-state index >= 15 is 0 Å². The molecule has 1 saturated carbocycles. The second-order valence-electron chi connectivity index (χ2n) is 7.92. The molecule has 32 heavy (non-hydrogen) atoms. The van der Waals surface area contributed by atoms with E-state index < -0.39 is 0 Å². The predicted molar refractivity (Wildman–Crippen MR) is 123 cm³/mol. The maximum absolute atomic E-state index is 12.8. The van der Waals surface area contributed by atoms with Crippen LogP contribution < -0.4 is 15.8 Å². The molecule has 0 aliphatic heterocycles. The van der Waals surface area contributed by atoms with Crippen molar-refractivity contribution in [2.24, 2.45) is 0 Å². The first-order valence-electron chi connectivity index (χ1n) is 10.7. The minimum atomic E-state index is -0.297. The lowest BCUT2D eigenvalue weighted by Crippen LogP contribution is -2.14. The Labute approximate surface area is 185 Å². The number of nitrogens with zero attached hydrogens (tertiary/aromatic N) is 4. The maximum atomic E-state index is 12.8. The zero-order chi connectivity index (χ0) is 22.1. The molecule has 1 aromatic carbocycles. The van der Waals surface area contributed by atoms with E-state index in [4.69, 9.17) is 15.5 Å². The Bertz CT molecular complexity index is 1280. The van der Waals surface area contributed by atoms with E-state index in [1.807, 2.05) is 24.4 Å². The highest BCUT2D eigenvalue weighted by molar-refractivity contribution is 6.06. The monoisotopic (exact) mass is 428 g/mol. The minimum Gasteiger partial charge on any atom is -0.496 e. The molecule has 1 aliphatic carbocycles. The van der Waals surface area contributed by atoms with Crippen molar-refractivity contribution in [1.29, 1.82) is 0 Å². The van der Waals surface area contributed by atoms with Gasteiger partial charge in [0, 0.05) is 30.1 Å². The van der Waals surface area contributed by atoms with Crippen LogP contribution in [0.5, 0.6) is 5.75 Å². The molecule has 1 amide bonds. The van der Waals surface area contributed by atoms with Crippen molar-refractivity contribution < 1.29 is 9.53 Å². The number of methoxy groups -OCH3 is 1. The topological polar surface area (TPSA) is 107 Å². The Hall–Kier alpha value is -3.94. The highest BCUT2D eigenvalue weighted by atomic mass is 16.5. The van der Waals surface area contributed by atoms with Gasteiger partial charge in [0.25, 0.3) is 5.91 Å². The number of pyridine rings is 1. The SMILES string of the molecule is COc1cc(-c2nc(C3CCCC3)n3ccnc(N)c23)ccc1C(=O)Nc1ccccn1. The van der Waals surface area contributed by atoms with Crippen LogP contribution in [0, 0.1) is 0 Å². The largest absolute Gasteiger partial charge is 0.496 e. The van der Waals surface area contributed by atoms with Crippen molar-refractivity contribution in [3.8, 4) is 17.0 Å². The first kappa shape index (κ1) is 20.0. The van der Waals surface area contributed by atoms with Gasteiger partial charge in [0.1, 0.15) is 34.4 Å². The van der Waals surface area contributed by atoms with Crippen molar-refractivity contribution in [3.63, 3.8) is 0 Å². The second kappa shape index (κ2) is 8.30. The minimum absolute atomic E-state index is 0.297. The number of nitrogens with one attached hydrogen (secondary N) is 1. The van der Waals surface area contributed by atoms with E-state index in [1.165, 1.54) is 12.8 Å². The zero-order valence-electron chi connectivity index (χ0n) is 17.8. The van der Waals surface area contributed by atoms with Crippen molar-refractivity contribution in [1.82, 2.24) is 19.4 Å². The number of rotatable bonds is 5. The fraction of sp³-hybridized carbons (Fsp3) is 0.250. The van der Waals surface area contributed by atoms with Crippen LogP contribution >= 0.6 is 0 Å². The van der Waals surface area contributed by atoms with E-state index in [1.54, 1.807) is 37.7 Å². The summed E-state index contributed by atoms with van der Waals surface area (Å²) in [6, 6.07) is 10.8. The molecule has 8 nitrogen and oxygen atoms in total. The number of nitrogen functional groups attached to an aromatic ring is 1. The number of ether oxygens (including phenoxy) is 1. The molecule has 8 heteroatoms. The number of aromatic nitrogens is 4. The van der Waals surface area contributed by atoms with Crippen LogP contribution in [0.2, 0.25) is 0 Å². The average Bonchev–Trinajstić information content (AvgIpc) is 3.48. The van der Waals surface area contributed by atoms with Crippen LogP contribution in [0.15, 0.2) is 55.0 Å². The number of nitrogens with two attached hydrogens (primary N) is 1. The molecule has 4 aromatic rings. The number of fused-ring (bicyclic) bond motifs is 1. The predicted octanol–water partition coefficient (Wildman–Crippen LogP) is 4.29. The lowest BCUT2D eigenvalue weighted by atomic mass is 10.1. The third kappa shape index (κ3) is 3.53. The van der Waals surface area contributed by atoms with Crippen molar-refractivity contribution in [3.05, 3.63) is 66.4 Å². The van der Waals surface area contributed by atoms with Gasteiger partial charge in [0.2, 0.25) is 0 Å². The number of imidazole rings is 1. The maximum Gasteiger partial charge on any atom is 0.260 e. The van der Waals surface area contributed by atoms with Crippen LogP contribution in [-0.2, 0) is 0 Å². The summed E-state index contributed by atoms with van der Waals surface area (Å²) in [5, 5.41) is 2.79. The van der Waals surface area contributed by atoms with Crippen LogP contribution in [0.4, 0.5) is 11.6 Å². The summed E-state index contributed by atoms with van der Waals surface area (Å²) < 4.78 is 7.61. The number of carbonyl (C=O) groups is 1. The molecular weight excluding hydrogens is 404 g/mol. The van der Waals surface area contributed by atoms with E-state index in [0.29, 0.717) is 28.9 Å². The lowest BCUT2D eigenvalue weighted by molar-refractivity contribution is 0.102. The van der Waals surface area contributed by atoms with Gasteiger partial charge in [-0.25, -0.2) is 15.0 Å². The number of anilines is 2. The summed E-state index contributed by atoms with van der Waals surface area (Å²) in [7, 11) is 1.54. The van der Waals surface area contributed by atoms with Gasteiger partial charge in [-0.3, -0.25) is 9.20 Å². The van der Waals surface area contributed by atoms with Gasteiger partial charge in [0.15, 0.2) is 0 Å². The Balaban J connectivity index is 1.56. The standard InChI is InChI=1S/C24H24N6O2/c1-32-18-14-16(9-10-17(18)24(31)28-19-8-4-5-11-26-19)20-21-22(25)27-12-13-30(21)23(29-20)15-6-2-3-7-15/h4-5,8-15H,2-3,6-7H2,1H3,(H2,25,27)(H,26,28,31). The van der Waals surface area contributed by atoms with Crippen molar-refractivity contribution >= 4 is 23.1 Å². The normalized spacial score (nSPS) is 14.0. The molecule has 0 unspecified atom stereocenters. The smallest absolute Gasteiger partial charge is 0.260 e. The Kier molecular flexibility index (Phi) is 5.18. The molecule has 0 radical (unpaired) electrons. The Morgan fingerprint density at radius 2 is 2.00 bits per heavy atom. The number of carbonyl (C=O) groups excluding carboxylic acids is 1. The molecule has 0 spiro atoms. The molecule has 3 heterocycles. The summed E-state index contributed by atoms with van der Waals surface area (Å²) in [4.78, 5) is 26.2. The first-order valence-corrected chi connectivity index (χ1v) is 10.7. The number of hydrogen-bond donors (Lipinski definition) is 2. The fourth-order valence-electron chi connectivity index (χ4n) is 4.41. The van der Waals surface area contributed by atoms with Gasteiger partial charge in [-0.15, -0.1) is 0 Å². The average molecular weight is 428 g/mol. The molecule has 0 bridgehead atoms. The third-order valence-electron chi connectivity index (χ3n) is 5.96. The summed E-state index contributed by atoms with van der Waals surface area (Å²) in [6.07, 6.45) is 9.92. The molecule has 0 atom stereocenters. The van der Waals surface area contributed by atoms with Crippen LogP contribution in [0.25, 0.3) is 16.8 Å². The molecule has 162 valence electrons. The van der Waals surface area contributed by atoms with E-state index in [0.717, 1.165) is 35.4 Å². The van der Waals surface area contributed by atoms with Gasteiger partial charge >= 0.3 is 0 Å². The summed E-state index contributed by atoms with van der Waals surface area (Å²) in [6.45, 7) is 0. The molecule has 1 fully saturated rings. The van der Waals surface area contributed by atoms with Gasteiger partial charge in [-0.1, -0.05) is 25.0 Å². The first-order chi connectivity index (χ1) is 15.7. The molecule has 3 N–H and O–H groups in total. The van der Waals surface area contributed by atoms with Gasteiger partial charge in [-0.2, -0.15) is 0 Å². The van der Waals surface area contributed by atoms with Crippen molar-refractivity contribution in [2.75, 3.05) is 18.2 Å².